The Morgan fingerprint density at radius 1 is 1.46 bits per heavy atom. The molecule has 3 rings (SSSR count). The van der Waals surface area contributed by atoms with E-state index < -0.39 is 0 Å². The van der Waals surface area contributed by atoms with Crippen molar-refractivity contribution in [2.45, 2.75) is 19.4 Å². The number of furan rings is 1. The lowest BCUT2D eigenvalue weighted by atomic mass is 10.1. The molecule has 0 unspecified atom stereocenters. The minimum atomic E-state index is -0.184. The highest BCUT2D eigenvalue weighted by Crippen LogP contribution is 2.26. The fourth-order valence-corrected chi connectivity index (χ4v) is 3.46. The Morgan fingerprint density at radius 2 is 2.25 bits per heavy atom. The Labute approximate surface area is 147 Å². The number of amides is 2. The molecule has 1 saturated heterocycles. The van der Waals surface area contributed by atoms with Gasteiger partial charge in [-0.1, -0.05) is 11.6 Å². The quantitative estimate of drug-likeness (QED) is 0.914. The molecule has 6 heteroatoms. The number of hydrogen-bond donors (Lipinski definition) is 1. The van der Waals surface area contributed by atoms with E-state index in [0.29, 0.717) is 10.9 Å². The third-order valence-corrected chi connectivity index (χ3v) is 4.70. The topological polar surface area (TPSA) is 48.7 Å². The Bertz CT molecular complexity index is 728. The summed E-state index contributed by atoms with van der Waals surface area (Å²) in [6.45, 7) is 4.58. The van der Waals surface area contributed by atoms with Gasteiger partial charge in [0.05, 0.1) is 6.04 Å². The van der Waals surface area contributed by atoms with Crippen LogP contribution in [0.2, 0.25) is 5.02 Å². The van der Waals surface area contributed by atoms with Crippen molar-refractivity contribution >= 4 is 28.6 Å². The minimum Gasteiger partial charge on any atom is -0.459 e. The molecule has 1 aliphatic rings. The van der Waals surface area contributed by atoms with Gasteiger partial charge in [-0.05, 0) is 57.6 Å². The van der Waals surface area contributed by atoms with E-state index in [1.54, 1.807) is 6.07 Å². The maximum absolute atomic E-state index is 12.5. The normalized spacial score (nSPS) is 19.2. The maximum Gasteiger partial charge on any atom is 0.317 e. The molecule has 1 N–H and O–H groups in total. The van der Waals surface area contributed by atoms with Gasteiger partial charge in [0, 0.05) is 30.0 Å². The lowest BCUT2D eigenvalue weighted by Gasteiger charge is -2.21. The summed E-state index contributed by atoms with van der Waals surface area (Å²) in [7, 11) is 4.14. The predicted octanol–water partition coefficient (Wildman–Crippen LogP) is 3.74. The molecule has 2 atom stereocenters. The van der Waals surface area contributed by atoms with Gasteiger partial charge < -0.3 is 19.5 Å². The average Bonchev–Trinajstić information content (AvgIpc) is 3.12. The average molecular weight is 350 g/mol. The van der Waals surface area contributed by atoms with Gasteiger partial charge in [0.15, 0.2) is 0 Å². The van der Waals surface area contributed by atoms with Crippen LogP contribution in [0.3, 0.4) is 0 Å². The molecular weight excluding hydrogens is 326 g/mol. The monoisotopic (exact) mass is 349 g/mol. The number of nitrogens with one attached hydrogen (secondary N) is 1. The number of fused-ring (bicyclic) bond motifs is 1. The molecule has 1 fully saturated rings. The number of carbonyl (C=O) groups excluding carboxylic acids is 1. The van der Waals surface area contributed by atoms with Gasteiger partial charge in [-0.3, -0.25) is 0 Å². The van der Waals surface area contributed by atoms with Crippen LogP contribution < -0.4 is 5.32 Å². The molecule has 1 aromatic carbocycles. The van der Waals surface area contributed by atoms with E-state index >= 15 is 0 Å². The summed E-state index contributed by atoms with van der Waals surface area (Å²) in [5, 5.41) is 4.66. The van der Waals surface area contributed by atoms with Crippen LogP contribution in [-0.4, -0.2) is 49.6 Å². The van der Waals surface area contributed by atoms with E-state index in [1.165, 1.54) is 0 Å². The molecule has 5 nitrogen and oxygen atoms in total. The van der Waals surface area contributed by atoms with E-state index in [0.717, 1.165) is 42.8 Å². The zero-order valence-corrected chi connectivity index (χ0v) is 15.1. The molecular formula is C18H24ClN3O2. The molecule has 0 saturated carbocycles. The number of likely N-dealkylation sites (tertiary alicyclic amines) is 1. The van der Waals surface area contributed by atoms with Crippen molar-refractivity contribution in [1.29, 1.82) is 0 Å². The van der Waals surface area contributed by atoms with Crippen molar-refractivity contribution in [2.75, 3.05) is 33.7 Å². The summed E-state index contributed by atoms with van der Waals surface area (Å²) < 4.78 is 5.82. The van der Waals surface area contributed by atoms with Crippen LogP contribution in [-0.2, 0) is 0 Å². The van der Waals surface area contributed by atoms with Gasteiger partial charge in [0.1, 0.15) is 11.3 Å². The first kappa shape index (κ1) is 17.1. The maximum atomic E-state index is 12.5. The number of nitrogens with zero attached hydrogens (tertiary/aromatic N) is 2. The van der Waals surface area contributed by atoms with Crippen molar-refractivity contribution in [2.24, 2.45) is 5.92 Å². The van der Waals surface area contributed by atoms with Gasteiger partial charge in [0.2, 0.25) is 0 Å². The van der Waals surface area contributed by atoms with Gasteiger partial charge >= 0.3 is 6.03 Å². The van der Waals surface area contributed by atoms with Crippen molar-refractivity contribution < 1.29 is 9.21 Å². The van der Waals surface area contributed by atoms with E-state index in [9.17, 15) is 4.79 Å². The minimum absolute atomic E-state index is 0.0257. The number of hydrogen-bond acceptors (Lipinski definition) is 3. The zero-order valence-electron chi connectivity index (χ0n) is 14.4. The molecule has 130 valence electrons. The number of rotatable bonds is 4. The van der Waals surface area contributed by atoms with Crippen molar-refractivity contribution in [3.8, 4) is 0 Å². The van der Waals surface area contributed by atoms with Crippen LogP contribution in [0.15, 0.2) is 28.7 Å². The molecule has 0 bridgehead atoms. The molecule has 1 aromatic heterocycles. The smallest absolute Gasteiger partial charge is 0.317 e. The second-order valence-electron chi connectivity index (χ2n) is 6.87. The predicted molar refractivity (Wildman–Crippen MR) is 96.4 cm³/mol. The van der Waals surface area contributed by atoms with Crippen LogP contribution in [0.25, 0.3) is 11.0 Å². The first-order valence-corrected chi connectivity index (χ1v) is 8.69. The van der Waals surface area contributed by atoms with Gasteiger partial charge in [-0.15, -0.1) is 0 Å². The number of benzene rings is 1. The largest absolute Gasteiger partial charge is 0.459 e. The van der Waals surface area contributed by atoms with Gasteiger partial charge in [-0.2, -0.15) is 0 Å². The first-order chi connectivity index (χ1) is 11.4. The first-order valence-electron chi connectivity index (χ1n) is 8.31. The molecule has 0 spiro atoms. The Hall–Kier alpha value is -1.72. The SMILES string of the molecule is C[C@H](NC(=O)N1CC[C@@H](CN(C)C)C1)c1cc2cc(Cl)ccc2o1. The molecule has 1 aliphatic heterocycles. The molecule has 2 aromatic rings. The van der Waals surface area contributed by atoms with E-state index in [2.05, 4.69) is 24.3 Å². The summed E-state index contributed by atoms with van der Waals surface area (Å²) in [6.07, 6.45) is 1.06. The van der Waals surface area contributed by atoms with E-state index in [-0.39, 0.29) is 12.1 Å². The molecule has 0 aliphatic carbocycles. The summed E-state index contributed by atoms with van der Waals surface area (Å²) >= 11 is 6.01. The van der Waals surface area contributed by atoms with Crippen molar-refractivity contribution in [3.05, 3.63) is 35.0 Å². The van der Waals surface area contributed by atoms with E-state index in [4.69, 9.17) is 16.0 Å². The second kappa shape index (κ2) is 7.03. The van der Waals surface area contributed by atoms with Crippen LogP contribution in [0, 0.1) is 5.92 Å². The highest BCUT2D eigenvalue weighted by molar-refractivity contribution is 6.31. The Kier molecular flexibility index (Phi) is 5.01. The van der Waals surface area contributed by atoms with Gasteiger partial charge in [-0.25, -0.2) is 4.79 Å². The molecule has 2 amide bonds. The fourth-order valence-electron chi connectivity index (χ4n) is 3.28. The third-order valence-electron chi connectivity index (χ3n) is 4.46. The standard InChI is InChI=1S/C18H24ClN3O2/c1-12(17-9-14-8-15(19)4-5-16(14)24-17)20-18(23)22-7-6-13(11-22)10-21(2)3/h4-5,8-9,12-13H,6-7,10-11H2,1-3H3,(H,20,23)/t12-,13-/m0/s1. The van der Waals surface area contributed by atoms with Crippen molar-refractivity contribution in [1.82, 2.24) is 15.1 Å². The second-order valence-corrected chi connectivity index (χ2v) is 7.30. The van der Waals surface area contributed by atoms with Crippen LogP contribution >= 0.6 is 11.6 Å². The highest BCUT2D eigenvalue weighted by Gasteiger charge is 2.27. The van der Waals surface area contributed by atoms with Crippen LogP contribution in [0.1, 0.15) is 25.1 Å². The van der Waals surface area contributed by atoms with Crippen LogP contribution in [0.5, 0.6) is 0 Å². The molecule has 24 heavy (non-hydrogen) atoms. The molecule has 2 heterocycles. The summed E-state index contributed by atoms with van der Waals surface area (Å²) in [5.74, 6) is 1.29. The fraction of sp³-hybridized carbons (Fsp3) is 0.500. The summed E-state index contributed by atoms with van der Waals surface area (Å²) in [4.78, 5) is 16.5. The lowest BCUT2D eigenvalue weighted by Crippen LogP contribution is -2.40. The summed E-state index contributed by atoms with van der Waals surface area (Å²) in [6, 6.07) is 7.24. The number of carbonyl (C=O) groups is 1. The number of urea groups is 1. The highest BCUT2D eigenvalue weighted by atomic mass is 35.5. The van der Waals surface area contributed by atoms with E-state index in [1.807, 2.05) is 30.0 Å². The molecule has 0 radical (unpaired) electrons. The Balaban J connectivity index is 1.61. The Morgan fingerprint density at radius 3 is 3.00 bits per heavy atom. The van der Waals surface area contributed by atoms with Gasteiger partial charge in [0.25, 0.3) is 0 Å². The number of halogens is 1. The lowest BCUT2D eigenvalue weighted by molar-refractivity contribution is 0.200. The zero-order chi connectivity index (χ0) is 17.3. The van der Waals surface area contributed by atoms with Crippen molar-refractivity contribution in [3.63, 3.8) is 0 Å². The third kappa shape index (κ3) is 3.84. The van der Waals surface area contributed by atoms with Crippen LogP contribution in [0.4, 0.5) is 4.79 Å². The summed E-state index contributed by atoms with van der Waals surface area (Å²) in [5.41, 5.74) is 0.780.